The molecule has 2 atom stereocenters. The molecule has 0 aliphatic rings. The number of nitrogens with one attached hydrogen (secondary N) is 1. The van der Waals surface area contributed by atoms with Gasteiger partial charge in [0, 0.05) is 42.9 Å². The van der Waals surface area contributed by atoms with Crippen LogP contribution in [0, 0.1) is 17.2 Å². The number of nitrogens with zero attached hydrogens (tertiary/aromatic N) is 2. The number of amides is 1. The standard InChI is InChI=1S/C17H19N3O3/c1-11(10-23-3)19-17(22)13(8-18)16(21)14-9-20(2)15-7-5-4-6-12(14)15/h4-7,9,11,13H,10H2,1-3H3,(H,19,22)/t11-,13-/m0/s1. The van der Waals surface area contributed by atoms with Crippen LogP contribution in [-0.4, -0.2) is 36.0 Å². The van der Waals surface area contributed by atoms with Crippen LogP contribution in [0.25, 0.3) is 10.9 Å². The van der Waals surface area contributed by atoms with Gasteiger partial charge in [-0.3, -0.25) is 9.59 Å². The van der Waals surface area contributed by atoms with E-state index in [1.807, 2.05) is 41.9 Å². The zero-order valence-electron chi connectivity index (χ0n) is 13.4. The van der Waals surface area contributed by atoms with E-state index >= 15 is 0 Å². The lowest BCUT2D eigenvalue weighted by atomic mass is 9.97. The summed E-state index contributed by atoms with van der Waals surface area (Å²) >= 11 is 0. The molecule has 0 aliphatic carbocycles. The molecular weight excluding hydrogens is 294 g/mol. The fraction of sp³-hybridized carbons (Fsp3) is 0.353. The van der Waals surface area contributed by atoms with Crippen LogP contribution in [-0.2, 0) is 16.6 Å². The highest BCUT2D eigenvalue weighted by atomic mass is 16.5. The number of aryl methyl sites for hydroxylation is 1. The maximum Gasteiger partial charge on any atom is 0.245 e. The monoisotopic (exact) mass is 313 g/mol. The second-order valence-electron chi connectivity index (χ2n) is 5.46. The van der Waals surface area contributed by atoms with Crippen LogP contribution in [0.3, 0.4) is 0 Å². The number of rotatable bonds is 6. The molecule has 6 heteroatoms. The number of nitriles is 1. The van der Waals surface area contributed by atoms with Gasteiger partial charge >= 0.3 is 0 Å². The summed E-state index contributed by atoms with van der Waals surface area (Å²) in [5.74, 6) is -2.47. The molecule has 1 aromatic heterocycles. The van der Waals surface area contributed by atoms with Gasteiger partial charge in [0.2, 0.25) is 5.91 Å². The molecule has 23 heavy (non-hydrogen) atoms. The Labute approximate surface area is 134 Å². The number of hydrogen-bond donors (Lipinski definition) is 1. The number of ether oxygens (including phenoxy) is 1. The maximum absolute atomic E-state index is 12.7. The zero-order chi connectivity index (χ0) is 17.0. The number of carbonyl (C=O) groups excluding carboxylic acids is 2. The summed E-state index contributed by atoms with van der Waals surface area (Å²) in [6, 6.07) is 8.92. The Bertz CT molecular complexity index is 773. The summed E-state index contributed by atoms with van der Waals surface area (Å²) in [7, 11) is 3.34. The SMILES string of the molecule is COC[C@H](C)NC(=O)[C@@H](C#N)C(=O)c1cn(C)c2ccccc12. The van der Waals surface area contributed by atoms with Crippen molar-refractivity contribution in [2.75, 3.05) is 13.7 Å². The molecule has 0 radical (unpaired) electrons. The van der Waals surface area contributed by atoms with Crippen LogP contribution in [0.1, 0.15) is 17.3 Å². The maximum atomic E-state index is 12.7. The second kappa shape index (κ2) is 7.07. The van der Waals surface area contributed by atoms with E-state index in [0.717, 1.165) is 10.9 Å². The first kappa shape index (κ1) is 16.7. The van der Waals surface area contributed by atoms with E-state index < -0.39 is 17.6 Å². The molecule has 0 saturated heterocycles. The second-order valence-corrected chi connectivity index (χ2v) is 5.46. The van der Waals surface area contributed by atoms with E-state index in [1.165, 1.54) is 7.11 Å². The Morgan fingerprint density at radius 1 is 1.39 bits per heavy atom. The van der Waals surface area contributed by atoms with Crippen LogP contribution in [0.4, 0.5) is 0 Å². The number of benzene rings is 1. The van der Waals surface area contributed by atoms with Crippen molar-refractivity contribution in [1.82, 2.24) is 9.88 Å². The highest BCUT2D eigenvalue weighted by Crippen LogP contribution is 2.23. The van der Waals surface area contributed by atoms with Crippen molar-refractivity contribution in [2.24, 2.45) is 13.0 Å². The lowest BCUT2D eigenvalue weighted by Gasteiger charge is -2.14. The topological polar surface area (TPSA) is 84.1 Å². The van der Waals surface area contributed by atoms with Gasteiger partial charge in [0.15, 0.2) is 11.7 Å². The first-order valence-electron chi connectivity index (χ1n) is 7.26. The van der Waals surface area contributed by atoms with Gasteiger partial charge in [0.1, 0.15) is 0 Å². The molecule has 2 aromatic rings. The Hall–Kier alpha value is -2.65. The minimum atomic E-state index is -1.37. The minimum absolute atomic E-state index is 0.274. The van der Waals surface area contributed by atoms with Gasteiger partial charge in [-0.2, -0.15) is 5.26 Å². The molecular formula is C17H19N3O3. The van der Waals surface area contributed by atoms with Crippen molar-refractivity contribution >= 4 is 22.6 Å². The first-order valence-corrected chi connectivity index (χ1v) is 7.26. The molecule has 0 aliphatic heterocycles. The van der Waals surface area contributed by atoms with Crippen molar-refractivity contribution in [2.45, 2.75) is 13.0 Å². The van der Waals surface area contributed by atoms with Gasteiger partial charge in [-0.25, -0.2) is 0 Å². The third-order valence-electron chi connectivity index (χ3n) is 3.62. The minimum Gasteiger partial charge on any atom is -0.383 e. The molecule has 2 rings (SSSR count). The molecule has 1 amide bonds. The van der Waals surface area contributed by atoms with E-state index in [9.17, 15) is 14.9 Å². The van der Waals surface area contributed by atoms with Crippen LogP contribution < -0.4 is 5.32 Å². The van der Waals surface area contributed by atoms with Crippen LogP contribution in [0.15, 0.2) is 30.5 Å². The van der Waals surface area contributed by atoms with E-state index in [4.69, 9.17) is 4.74 Å². The quantitative estimate of drug-likeness (QED) is 0.649. The lowest BCUT2D eigenvalue weighted by Crippen LogP contribution is -2.41. The average molecular weight is 313 g/mol. The van der Waals surface area contributed by atoms with E-state index in [1.54, 1.807) is 13.1 Å². The van der Waals surface area contributed by atoms with Gasteiger partial charge in [0.05, 0.1) is 12.7 Å². The van der Waals surface area contributed by atoms with Crippen LogP contribution in [0.2, 0.25) is 0 Å². The van der Waals surface area contributed by atoms with Crippen LogP contribution >= 0.6 is 0 Å². The van der Waals surface area contributed by atoms with Gasteiger partial charge in [-0.15, -0.1) is 0 Å². The third kappa shape index (κ3) is 3.41. The predicted octanol–water partition coefficient (Wildman–Crippen LogP) is 1.65. The Morgan fingerprint density at radius 3 is 2.74 bits per heavy atom. The number of ketones is 1. The number of hydrogen-bond acceptors (Lipinski definition) is 4. The fourth-order valence-corrected chi connectivity index (χ4v) is 2.55. The molecule has 0 unspecified atom stereocenters. The van der Waals surface area contributed by atoms with Gasteiger partial charge in [0.25, 0.3) is 0 Å². The van der Waals surface area contributed by atoms with Crippen molar-refractivity contribution in [3.63, 3.8) is 0 Å². The number of para-hydroxylation sites is 1. The number of Topliss-reactive ketones (excluding diaryl/α,β-unsaturated/α-hetero) is 1. The Kier molecular flexibility index (Phi) is 5.14. The molecule has 6 nitrogen and oxygen atoms in total. The molecule has 0 saturated carbocycles. The normalized spacial score (nSPS) is 13.3. The highest BCUT2D eigenvalue weighted by molar-refractivity contribution is 6.17. The van der Waals surface area contributed by atoms with E-state index in [-0.39, 0.29) is 6.04 Å². The van der Waals surface area contributed by atoms with Gasteiger partial charge in [-0.1, -0.05) is 18.2 Å². The summed E-state index contributed by atoms with van der Waals surface area (Å²) in [5, 5.41) is 12.6. The zero-order valence-corrected chi connectivity index (χ0v) is 13.4. The summed E-state index contributed by atoms with van der Waals surface area (Å²) in [4.78, 5) is 24.9. The number of fused-ring (bicyclic) bond motifs is 1. The van der Waals surface area contributed by atoms with Gasteiger partial charge < -0.3 is 14.6 Å². The predicted molar refractivity (Wildman–Crippen MR) is 85.8 cm³/mol. The summed E-state index contributed by atoms with van der Waals surface area (Å²) < 4.78 is 6.75. The smallest absolute Gasteiger partial charge is 0.245 e. The van der Waals surface area contributed by atoms with Crippen molar-refractivity contribution in [3.05, 3.63) is 36.0 Å². The molecule has 0 bridgehead atoms. The molecule has 0 spiro atoms. The fourth-order valence-electron chi connectivity index (χ4n) is 2.55. The Balaban J connectivity index is 2.29. The molecule has 1 N–H and O–H groups in total. The van der Waals surface area contributed by atoms with Crippen LogP contribution in [0.5, 0.6) is 0 Å². The van der Waals surface area contributed by atoms with Gasteiger partial charge in [-0.05, 0) is 13.0 Å². The lowest BCUT2D eigenvalue weighted by molar-refractivity contribution is -0.123. The summed E-state index contributed by atoms with van der Waals surface area (Å²) in [5.41, 5.74) is 1.25. The van der Waals surface area contributed by atoms with E-state index in [2.05, 4.69) is 5.32 Å². The first-order chi connectivity index (χ1) is 11.0. The number of methoxy groups -OCH3 is 1. The van der Waals surface area contributed by atoms with Crippen molar-refractivity contribution in [1.29, 1.82) is 5.26 Å². The molecule has 1 aromatic carbocycles. The third-order valence-corrected chi connectivity index (χ3v) is 3.62. The average Bonchev–Trinajstić information content (AvgIpc) is 2.85. The molecule has 1 heterocycles. The van der Waals surface area contributed by atoms with E-state index in [0.29, 0.717) is 12.2 Å². The number of aromatic nitrogens is 1. The molecule has 120 valence electrons. The Morgan fingerprint density at radius 2 is 2.09 bits per heavy atom. The summed E-state index contributed by atoms with van der Waals surface area (Å²) in [6.07, 6.45) is 1.66. The van der Waals surface area contributed by atoms with Crippen molar-refractivity contribution < 1.29 is 14.3 Å². The summed E-state index contributed by atoms with van der Waals surface area (Å²) in [6.45, 7) is 2.06. The highest BCUT2D eigenvalue weighted by Gasteiger charge is 2.30. The molecule has 0 fully saturated rings. The van der Waals surface area contributed by atoms with Crippen molar-refractivity contribution in [3.8, 4) is 6.07 Å². The number of carbonyl (C=O) groups is 2. The largest absolute Gasteiger partial charge is 0.383 e.